The molecule has 0 heterocycles. The number of Topliss-reactive ketones (excluding diaryl/α,β-unsaturated/α-hetero) is 1. The fourth-order valence-corrected chi connectivity index (χ4v) is 2.68. The molecule has 6 heteroatoms. The summed E-state index contributed by atoms with van der Waals surface area (Å²) in [6.07, 6.45) is 1.39. The van der Waals surface area contributed by atoms with Gasteiger partial charge in [0.25, 0.3) is 0 Å². The molecule has 1 unspecified atom stereocenters. The molecule has 1 aromatic rings. The first-order valence-electron chi connectivity index (χ1n) is 5.62. The molecule has 18 heavy (non-hydrogen) atoms. The number of carbonyl (C=O) groups excluding carboxylic acids is 1. The van der Waals surface area contributed by atoms with Gasteiger partial charge < -0.3 is 0 Å². The van der Waals surface area contributed by atoms with Gasteiger partial charge in [0, 0.05) is 17.8 Å². The smallest absolute Gasteiger partial charge is 0.291 e. The normalized spacial score (nSPS) is 24.0. The zero-order valence-corrected chi connectivity index (χ0v) is 10.2. The third kappa shape index (κ3) is 1.88. The van der Waals surface area contributed by atoms with Crippen molar-refractivity contribution in [3.8, 4) is 0 Å². The number of nitro groups is 1. The fraction of sp³-hybridized carbons (Fsp3) is 0.417. The predicted molar refractivity (Wildman–Crippen MR) is 63.6 cm³/mol. The lowest BCUT2D eigenvalue weighted by atomic mass is 9.76. The van der Waals surface area contributed by atoms with Gasteiger partial charge in [0.2, 0.25) is 5.78 Å². The summed E-state index contributed by atoms with van der Waals surface area (Å²) >= 11 is 5.91. The van der Waals surface area contributed by atoms with Gasteiger partial charge in [-0.25, -0.2) is 4.39 Å². The molecule has 0 spiro atoms. The Morgan fingerprint density at radius 1 is 1.39 bits per heavy atom. The van der Waals surface area contributed by atoms with Crippen molar-refractivity contribution < 1.29 is 14.1 Å². The van der Waals surface area contributed by atoms with Crippen LogP contribution in [0.25, 0.3) is 0 Å². The second kappa shape index (κ2) is 4.65. The number of hydrogen-bond donors (Lipinski definition) is 0. The maximum atomic E-state index is 13.3. The van der Waals surface area contributed by atoms with Gasteiger partial charge in [-0.3, -0.25) is 14.9 Å². The Morgan fingerprint density at radius 3 is 2.72 bits per heavy atom. The Morgan fingerprint density at radius 2 is 2.11 bits per heavy atom. The summed E-state index contributed by atoms with van der Waals surface area (Å²) in [5, 5.41) is 11.4. The Kier molecular flexibility index (Phi) is 3.34. The molecule has 4 nitrogen and oxygen atoms in total. The Hall–Kier alpha value is -1.49. The molecule has 0 saturated heterocycles. The van der Waals surface area contributed by atoms with E-state index >= 15 is 0 Å². The minimum atomic E-state index is -1.88. The van der Waals surface area contributed by atoms with Crippen LogP contribution in [0.4, 0.5) is 4.39 Å². The standard InChI is InChI=1S/C12H11ClFNO3/c13-10-5-4-8(14)7-9(10)12(15(17)18)6-2-1-3-11(12)16/h4-5,7H,1-3,6H2. The molecular weight excluding hydrogens is 261 g/mol. The molecule has 0 bridgehead atoms. The minimum Gasteiger partial charge on any atom is -0.291 e. The molecule has 0 aromatic heterocycles. The molecule has 1 atom stereocenters. The molecule has 0 radical (unpaired) electrons. The highest BCUT2D eigenvalue weighted by Crippen LogP contribution is 2.40. The third-order valence-corrected chi connectivity index (χ3v) is 3.67. The predicted octanol–water partition coefficient (Wildman–Crippen LogP) is 3.09. The van der Waals surface area contributed by atoms with Crippen molar-refractivity contribution in [1.29, 1.82) is 0 Å². The average molecular weight is 272 g/mol. The summed E-state index contributed by atoms with van der Waals surface area (Å²) in [4.78, 5) is 22.7. The van der Waals surface area contributed by atoms with Gasteiger partial charge in [-0.05, 0) is 31.0 Å². The van der Waals surface area contributed by atoms with Gasteiger partial charge in [-0.15, -0.1) is 0 Å². The van der Waals surface area contributed by atoms with Gasteiger partial charge in [0.05, 0.1) is 10.6 Å². The van der Waals surface area contributed by atoms with Crippen LogP contribution in [0.3, 0.4) is 0 Å². The van der Waals surface area contributed by atoms with Crippen molar-refractivity contribution in [2.75, 3.05) is 0 Å². The largest absolute Gasteiger partial charge is 0.305 e. The molecular formula is C12H11ClFNO3. The number of benzene rings is 1. The van der Waals surface area contributed by atoms with Crippen LogP contribution in [-0.4, -0.2) is 10.7 Å². The lowest BCUT2D eigenvalue weighted by Crippen LogP contribution is -2.45. The highest BCUT2D eigenvalue weighted by molar-refractivity contribution is 6.31. The molecule has 0 aliphatic heterocycles. The van der Waals surface area contributed by atoms with Crippen LogP contribution < -0.4 is 0 Å². The molecule has 0 amide bonds. The summed E-state index contributed by atoms with van der Waals surface area (Å²) in [5.41, 5.74) is -1.91. The number of carbonyl (C=O) groups is 1. The van der Waals surface area contributed by atoms with Gasteiger partial charge in [0.1, 0.15) is 5.82 Å². The maximum absolute atomic E-state index is 13.3. The van der Waals surface area contributed by atoms with E-state index in [4.69, 9.17) is 11.6 Å². The van der Waals surface area contributed by atoms with E-state index in [-0.39, 0.29) is 23.4 Å². The summed E-state index contributed by atoms with van der Waals surface area (Å²) in [6, 6.07) is 3.36. The van der Waals surface area contributed by atoms with Crippen molar-refractivity contribution in [2.45, 2.75) is 31.2 Å². The van der Waals surface area contributed by atoms with Crippen molar-refractivity contribution >= 4 is 17.4 Å². The van der Waals surface area contributed by atoms with Crippen LogP contribution in [0.1, 0.15) is 31.2 Å². The zero-order valence-electron chi connectivity index (χ0n) is 9.49. The lowest BCUT2D eigenvalue weighted by molar-refractivity contribution is -0.563. The van der Waals surface area contributed by atoms with Crippen molar-refractivity contribution in [3.63, 3.8) is 0 Å². The number of halogens is 2. The van der Waals surface area contributed by atoms with Crippen LogP contribution in [0.5, 0.6) is 0 Å². The van der Waals surface area contributed by atoms with Crippen molar-refractivity contribution in [3.05, 3.63) is 44.7 Å². The molecule has 0 N–H and O–H groups in total. The Labute approximate surface area is 108 Å². The fourth-order valence-electron chi connectivity index (χ4n) is 2.40. The number of ketones is 1. The first-order valence-corrected chi connectivity index (χ1v) is 5.99. The molecule has 1 saturated carbocycles. The quantitative estimate of drug-likeness (QED) is 0.613. The van der Waals surface area contributed by atoms with E-state index in [2.05, 4.69) is 0 Å². The second-order valence-corrected chi connectivity index (χ2v) is 4.78. The van der Waals surface area contributed by atoms with Gasteiger partial charge in [-0.2, -0.15) is 0 Å². The van der Waals surface area contributed by atoms with E-state index in [0.29, 0.717) is 12.8 Å². The Balaban J connectivity index is 2.63. The minimum absolute atomic E-state index is 0.0288. The monoisotopic (exact) mass is 271 g/mol. The Bertz CT molecular complexity index is 520. The highest BCUT2D eigenvalue weighted by atomic mass is 35.5. The average Bonchev–Trinajstić information content (AvgIpc) is 2.33. The SMILES string of the molecule is O=C1CCCCC1(c1cc(F)ccc1Cl)[N+](=O)[O-]. The summed E-state index contributed by atoms with van der Waals surface area (Å²) < 4.78 is 13.3. The van der Waals surface area contributed by atoms with Crippen LogP contribution in [0.2, 0.25) is 5.02 Å². The van der Waals surface area contributed by atoms with E-state index in [1.54, 1.807) is 0 Å². The van der Waals surface area contributed by atoms with Crippen molar-refractivity contribution in [2.24, 2.45) is 0 Å². The van der Waals surface area contributed by atoms with Crippen LogP contribution in [0.15, 0.2) is 18.2 Å². The molecule has 96 valence electrons. The van der Waals surface area contributed by atoms with E-state index in [9.17, 15) is 19.3 Å². The van der Waals surface area contributed by atoms with E-state index in [0.717, 1.165) is 12.1 Å². The zero-order chi connectivity index (χ0) is 13.3. The molecule has 1 fully saturated rings. The van der Waals surface area contributed by atoms with Gasteiger partial charge in [-0.1, -0.05) is 11.6 Å². The summed E-state index contributed by atoms with van der Waals surface area (Å²) in [7, 11) is 0. The van der Waals surface area contributed by atoms with Gasteiger partial charge >= 0.3 is 5.54 Å². The van der Waals surface area contributed by atoms with E-state index < -0.39 is 22.1 Å². The van der Waals surface area contributed by atoms with Crippen LogP contribution >= 0.6 is 11.6 Å². The van der Waals surface area contributed by atoms with E-state index in [1.165, 1.54) is 6.07 Å². The maximum Gasteiger partial charge on any atom is 0.305 e. The summed E-state index contributed by atoms with van der Waals surface area (Å²) in [6.45, 7) is 0. The lowest BCUT2D eigenvalue weighted by Gasteiger charge is -2.28. The number of hydrogen-bond acceptors (Lipinski definition) is 3. The third-order valence-electron chi connectivity index (χ3n) is 3.34. The second-order valence-electron chi connectivity index (χ2n) is 4.37. The molecule has 1 aromatic carbocycles. The van der Waals surface area contributed by atoms with Crippen LogP contribution in [0, 0.1) is 15.9 Å². The van der Waals surface area contributed by atoms with E-state index in [1.807, 2.05) is 0 Å². The first-order chi connectivity index (χ1) is 8.48. The number of nitrogens with zero attached hydrogens (tertiary/aromatic N) is 1. The molecule has 2 rings (SSSR count). The summed E-state index contributed by atoms with van der Waals surface area (Å²) in [5.74, 6) is -1.12. The first kappa shape index (κ1) is 13.0. The van der Waals surface area contributed by atoms with Crippen molar-refractivity contribution in [1.82, 2.24) is 0 Å². The topological polar surface area (TPSA) is 60.2 Å². The number of rotatable bonds is 2. The van der Waals surface area contributed by atoms with Crippen LogP contribution in [-0.2, 0) is 10.3 Å². The highest BCUT2D eigenvalue weighted by Gasteiger charge is 2.54. The molecule has 1 aliphatic carbocycles. The molecule has 1 aliphatic rings. The van der Waals surface area contributed by atoms with Gasteiger partial charge in [0.15, 0.2) is 0 Å².